The van der Waals surface area contributed by atoms with Gasteiger partial charge in [-0.3, -0.25) is 14.4 Å². The van der Waals surface area contributed by atoms with Crippen LogP contribution in [-0.4, -0.2) is 36.6 Å². The number of esters is 3. The average molecular weight is 350 g/mol. The highest BCUT2D eigenvalue weighted by Crippen LogP contribution is 2.09. The molecule has 0 aromatic carbocycles. The molecule has 0 aliphatic heterocycles. The summed E-state index contributed by atoms with van der Waals surface area (Å²) in [5, 5.41) is 0. The summed E-state index contributed by atoms with van der Waals surface area (Å²) in [4.78, 5) is 43.9. The smallest absolute Gasteiger partial charge is 0.385 e. The third kappa shape index (κ3) is 13.4. The number of ether oxygens (including phenoxy) is 3. The molecule has 0 spiro atoms. The first-order chi connectivity index (χ1) is 10.8. The van der Waals surface area contributed by atoms with Crippen molar-refractivity contribution in [2.24, 2.45) is 0 Å². The molecule has 0 radical (unpaired) electrons. The molecule has 1 unspecified atom stereocenters. The maximum atomic E-state index is 11.3. The lowest BCUT2D eigenvalue weighted by Crippen LogP contribution is -2.23. The van der Waals surface area contributed by atoms with E-state index in [4.69, 9.17) is 9.47 Å². The first kappa shape index (κ1) is 23.2. The van der Waals surface area contributed by atoms with Gasteiger partial charge in [0.15, 0.2) is 0 Å². The zero-order valence-corrected chi connectivity index (χ0v) is 14.7. The van der Waals surface area contributed by atoms with Crippen molar-refractivity contribution in [3.05, 3.63) is 11.8 Å². The predicted molar refractivity (Wildman–Crippen MR) is 83.1 cm³/mol. The van der Waals surface area contributed by atoms with Crippen LogP contribution in [-0.2, 0) is 37.6 Å². The Bertz CT molecular complexity index is 444. The summed E-state index contributed by atoms with van der Waals surface area (Å²) in [5.74, 6) is -3.26. The van der Waals surface area contributed by atoms with Crippen LogP contribution in [0.4, 0.5) is 0 Å². The zero-order valence-electron chi connectivity index (χ0n) is 13.8. The minimum absolute atomic E-state index is 0.0294. The van der Waals surface area contributed by atoms with Gasteiger partial charge in [-0.2, -0.15) is 0 Å². The van der Waals surface area contributed by atoms with Crippen LogP contribution in [0.5, 0.6) is 0 Å². The van der Waals surface area contributed by atoms with Gasteiger partial charge in [0, 0.05) is 40.1 Å². The van der Waals surface area contributed by atoms with Crippen molar-refractivity contribution in [2.45, 2.75) is 47.1 Å². The van der Waals surface area contributed by atoms with E-state index in [0.717, 1.165) is 6.92 Å². The van der Waals surface area contributed by atoms with Crippen LogP contribution in [0.3, 0.4) is 0 Å². The summed E-state index contributed by atoms with van der Waals surface area (Å²) in [6, 6.07) is 0. The van der Waals surface area contributed by atoms with Crippen LogP contribution in [0.25, 0.3) is 0 Å². The van der Waals surface area contributed by atoms with Crippen LogP contribution < -0.4 is 0 Å². The number of hydrogen-bond acceptors (Lipinski definition) is 9. The topological polar surface area (TPSA) is 105 Å². The highest BCUT2D eigenvalue weighted by Gasteiger charge is 2.18. The number of carbonyl (C=O) groups excluding carboxylic acids is 4. The molecule has 23 heavy (non-hydrogen) atoms. The third-order valence-electron chi connectivity index (χ3n) is 1.91. The standard InChI is InChI=1S/C12H16O8S.C2H6/c1-7(13)17-6-10(18-8(2)14)4-5-11(12(16)20-21)19-9(3)15;1-2/h5,10,21H,4,6H2,1-3H3;1-2H3. The van der Waals surface area contributed by atoms with Crippen LogP contribution in [0.2, 0.25) is 0 Å². The van der Waals surface area contributed by atoms with Crippen molar-refractivity contribution in [2.75, 3.05) is 6.61 Å². The number of hydrogen-bond donors (Lipinski definition) is 1. The van der Waals surface area contributed by atoms with Crippen molar-refractivity contribution in [1.82, 2.24) is 0 Å². The SMILES string of the molecule is CC.CC(=O)OCC(CC=C(OC(C)=O)C(=O)OS)OC(C)=O. The lowest BCUT2D eigenvalue weighted by Gasteiger charge is -2.15. The molecule has 0 fully saturated rings. The summed E-state index contributed by atoms with van der Waals surface area (Å²) in [5.41, 5.74) is 0. The van der Waals surface area contributed by atoms with Crippen molar-refractivity contribution < 1.29 is 37.6 Å². The van der Waals surface area contributed by atoms with E-state index in [9.17, 15) is 19.2 Å². The molecule has 0 saturated carbocycles. The van der Waals surface area contributed by atoms with E-state index in [1.54, 1.807) is 0 Å². The molecule has 9 heteroatoms. The Morgan fingerprint density at radius 3 is 1.96 bits per heavy atom. The second-order valence-electron chi connectivity index (χ2n) is 3.81. The third-order valence-corrected chi connectivity index (χ3v) is 2.07. The maximum absolute atomic E-state index is 11.3. The normalized spacial score (nSPS) is 11.3. The predicted octanol–water partition coefficient (Wildman–Crippen LogP) is 1.73. The Morgan fingerprint density at radius 1 is 1.00 bits per heavy atom. The van der Waals surface area contributed by atoms with Crippen LogP contribution in [0.1, 0.15) is 41.0 Å². The fourth-order valence-electron chi connectivity index (χ4n) is 1.20. The second kappa shape index (κ2) is 13.6. The molecule has 0 rings (SSSR count). The highest BCUT2D eigenvalue weighted by atomic mass is 32.1. The van der Waals surface area contributed by atoms with Gasteiger partial charge in [-0.1, -0.05) is 13.8 Å². The lowest BCUT2D eigenvalue weighted by molar-refractivity contribution is -0.156. The maximum Gasteiger partial charge on any atom is 0.385 e. The van der Waals surface area contributed by atoms with Gasteiger partial charge >= 0.3 is 23.9 Å². The monoisotopic (exact) mass is 350 g/mol. The summed E-state index contributed by atoms with van der Waals surface area (Å²) in [7, 11) is 0. The van der Waals surface area contributed by atoms with Crippen molar-refractivity contribution >= 4 is 36.8 Å². The number of carbonyl (C=O) groups is 4. The average Bonchev–Trinajstić information content (AvgIpc) is 2.48. The van der Waals surface area contributed by atoms with Crippen molar-refractivity contribution in [3.8, 4) is 0 Å². The van der Waals surface area contributed by atoms with Gasteiger partial charge in [-0.15, -0.1) is 0 Å². The van der Waals surface area contributed by atoms with Crippen LogP contribution >= 0.6 is 12.9 Å². The van der Waals surface area contributed by atoms with E-state index in [1.807, 2.05) is 13.8 Å². The molecule has 0 aliphatic rings. The number of rotatable bonds is 7. The van der Waals surface area contributed by atoms with E-state index in [1.165, 1.54) is 19.9 Å². The van der Waals surface area contributed by atoms with E-state index in [0.29, 0.717) is 0 Å². The van der Waals surface area contributed by atoms with E-state index in [-0.39, 0.29) is 13.0 Å². The fraction of sp³-hybridized carbons (Fsp3) is 0.571. The molecule has 8 nitrogen and oxygen atoms in total. The van der Waals surface area contributed by atoms with Gasteiger partial charge in [0.2, 0.25) is 5.76 Å². The summed E-state index contributed by atoms with van der Waals surface area (Å²) in [6.07, 6.45) is 0.319. The molecule has 0 amide bonds. The molecular weight excluding hydrogens is 328 g/mol. The molecule has 132 valence electrons. The summed E-state index contributed by atoms with van der Waals surface area (Å²) in [6.45, 7) is 7.28. The zero-order chi connectivity index (χ0) is 18.4. The molecule has 0 bridgehead atoms. The molecule has 0 heterocycles. The van der Waals surface area contributed by atoms with Crippen molar-refractivity contribution in [1.29, 1.82) is 0 Å². The molecule has 0 aromatic rings. The van der Waals surface area contributed by atoms with Crippen molar-refractivity contribution in [3.63, 3.8) is 0 Å². The van der Waals surface area contributed by atoms with Crippen LogP contribution in [0, 0.1) is 0 Å². The van der Waals surface area contributed by atoms with E-state index in [2.05, 4.69) is 21.8 Å². The van der Waals surface area contributed by atoms with Gasteiger partial charge in [-0.05, 0) is 6.08 Å². The van der Waals surface area contributed by atoms with E-state index < -0.39 is 35.7 Å². The fourth-order valence-corrected chi connectivity index (χ4v) is 1.29. The Balaban J connectivity index is 0. The van der Waals surface area contributed by atoms with Crippen LogP contribution in [0.15, 0.2) is 11.8 Å². The Hall–Kier alpha value is -2.03. The lowest BCUT2D eigenvalue weighted by atomic mass is 10.2. The minimum atomic E-state index is -0.984. The summed E-state index contributed by atoms with van der Waals surface area (Å²) >= 11 is 3.31. The second-order valence-corrected chi connectivity index (χ2v) is 3.99. The van der Waals surface area contributed by atoms with Gasteiger partial charge in [-0.25, -0.2) is 4.79 Å². The Labute approximate surface area is 140 Å². The summed E-state index contributed by atoms with van der Waals surface area (Å²) < 4.78 is 18.4. The molecule has 0 saturated heterocycles. The molecule has 0 N–H and O–H groups in total. The molecular formula is C14H22O8S. The quantitative estimate of drug-likeness (QED) is 0.185. The number of thiol groups is 1. The molecule has 0 aliphatic carbocycles. The van der Waals surface area contributed by atoms with Gasteiger partial charge in [0.05, 0.1) is 0 Å². The van der Waals surface area contributed by atoms with Gasteiger partial charge in [0.1, 0.15) is 12.7 Å². The Morgan fingerprint density at radius 2 is 1.57 bits per heavy atom. The first-order valence-electron chi connectivity index (χ1n) is 6.81. The van der Waals surface area contributed by atoms with E-state index >= 15 is 0 Å². The minimum Gasteiger partial charge on any atom is -0.462 e. The molecule has 0 aromatic heterocycles. The highest BCUT2D eigenvalue weighted by molar-refractivity contribution is 7.75. The molecule has 1 atom stereocenters. The first-order valence-corrected chi connectivity index (χ1v) is 7.17. The van der Waals surface area contributed by atoms with Gasteiger partial charge in [0.25, 0.3) is 0 Å². The largest absolute Gasteiger partial charge is 0.462 e. The Kier molecular flexibility index (Phi) is 13.8. The van der Waals surface area contributed by atoms with Gasteiger partial charge < -0.3 is 18.4 Å².